The second-order valence-corrected chi connectivity index (χ2v) is 8.58. The summed E-state index contributed by atoms with van der Waals surface area (Å²) in [4.78, 5) is 34.2. The molecule has 7 heteroatoms. The number of amides is 1. The lowest BCUT2D eigenvalue weighted by Crippen LogP contribution is -2.37. The molecule has 2 aromatic heterocycles. The van der Waals surface area contributed by atoms with Crippen molar-refractivity contribution in [1.82, 2.24) is 19.4 Å². The molecule has 0 N–H and O–H groups in total. The molecule has 6 nitrogen and oxygen atoms in total. The molecule has 1 atom stereocenters. The van der Waals surface area contributed by atoms with E-state index < -0.39 is 0 Å². The maximum Gasteiger partial charge on any atom is 0.263 e. The van der Waals surface area contributed by atoms with E-state index in [2.05, 4.69) is 18.8 Å². The zero-order chi connectivity index (χ0) is 20.3. The quantitative estimate of drug-likeness (QED) is 0.729. The van der Waals surface area contributed by atoms with Crippen molar-refractivity contribution in [3.63, 3.8) is 0 Å². The Morgan fingerprint density at radius 3 is 2.48 bits per heavy atom. The molecule has 0 spiro atoms. The van der Waals surface area contributed by atoms with Gasteiger partial charge in [0.05, 0.1) is 17.2 Å². The minimum absolute atomic E-state index is 0.0166. The second-order valence-electron chi connectivity index (χ2n) is 7.69. The van der Waals surface area contributed by atoms with Crippen LogP contribution in [0.5, 0.6) is 0 Å². The average Bonchev–Trinajstić information content (AvgIpc) is 3.02. The highest BCUT2D eigenvalue weighted by atomic mass is 32.1. The maximum absolute atomic E-state index is 13.0. The molecular formula is C20H30N4O2S. The number of likely N-dealkylation sites (N-methyl/N-ethyl adjacent to an activating group) is 1. The predicted molar refractivity (Wildman–Crippen MR) is 111 cm³/mol. The van der Waals surface area contributed by atoms with E-state index in [4.69, 9.17) is 0 Å². The van der Waals surface area contributed by atoms with Gasteiger partial charge in [0, 0.05) is 37.1 Å². The SMILES string of the molecule is Cc1ccn(C(C)CN(C)C)c(=O)c1C(=O)N(C)Cc1csc(C(C)C)n1. The third kappa shape index (κ3) is 5.05. The molecule has 1 amide bonds. The summed E-state index contributed by atoms with van der Waals surface area (Å²) in [6.07, 6.45) is 1.78. The van der Waals surface area contributed by atoms with Gasteiger partial charge in [-0.1, -0.05) is 13.8 Å². The van der Waals surface area contributed by atoms with Gasteiger partial charge < -0.3 is 14.4 Å². The Kier molecular flexibility index (Phi) is 6.95. The molecule has 0 fully saturated rings. The van der Waals surface area contributed by atoms with E-state index in [-0.39, 0.29) is 23.1 Å². The third-order valence-corrected chi connectivity index (χ3v) is 5.65. The molecule has 1 unspecified atom stereocenters. The summed E-state index contributed by atoms with van der Waals surface area (Å²) < 4.78 is 1.65. The predicted octanol–water partition coefficient (Wildman–Crippen LogP) is 3.13. The highest BCUT2D eigenvalue weighted by Gasteiger charge is 2.22. The van der Waals surface area contributed by atoms with E-state index in [9.17, 15) is 9.59 Å². The largest absolute Gasteiger partial charge is 0.336 e. The minimum atomic E-state index is -0.261. The topological polar surface area (TPSA) is 58.4 Å². The molecule has 0 aliphatic rings. The fourth-order valence-corrected chi connectivity index (χ4v) is 3.86. The van der Waals surface area contributed by atoms with Crippen molar-refractivity contribution in [1.29, 1.82) is 0 Å². The summed E-state index contributed by atoms with van der Waals surface area (Å²) in [5, 5.41) is 3.04. The standard InChI is InChI=1S/C20H30N4O2S/c1-13(2)18-21-16(12-27-18)11-23(7)19(25)17-14(3)8-9-24(20(17)26)15(4)10-22(5)6/h8-9,12-13,15H,10-11H2,1-7H3. The Balaban J connectivity index is 2.27. The Bertz CT molecular complexity index is 854. The molecular weight excluding hydrogens is 360 g/mol. The van der Waals surface area contributed by atoms with Crippen molar-refractivity contribution in [2.24, 2.45) is 0 Å². The van der Waals surface area contributed by atoms with Gasteiger partial charge in [0.2, 0.25) is 0 Å². The summed E-state index contributed by atoms with van der Waals surface area (Å²) in [5.74, 6) is 0.106. The first-order valence-electron chi connectivity index (χ1n) is 9.18. The van der Waals surface area contributed by atoms with Crippen LogP contribution in [0.25, 0.3) is 0 Å². The summed E-state index contributed by atoms with van der Waals surface area (Å²) in [6, 6.07) is 1.83. The van der Waals surface area contributed by atoms with E-state index in [1.54, 1.807) is 34.0 Å². The lowest BCUT2D eigenvalue weighted by atomic mass is 10.1. The van der Waals surface area contributed by atoms with Crippen LogP contribution < -0.4 is 5.56 Å². The lowest BCUT2D eigenvalue weighted by Gasteiger charge is -2.22. The van der Waals surface area contributed by atoms with Crippen LogP contribution in [0.4, 0.5) is 0 Å². The summed E-state index contributed by atoms with van der Waals surface area (Å²) >= 11 is 1.61. The zero-order valence-corrected chi connectivity index (χ0v) is 18.1. The molecule has 0 bridgehead atoms. The zero-order valence-electron chi connectivity index (χ0n) is 17.3. The van der Waals surface area contributed by atoms with Crippen LogP contribution in [0.1, 0.15) is 59.4 Å². The van der Waals surface area contributed by atoms with E-state index in [1.165, 1.54) is 0 Å². The van der Waals surface area contributed by atoms with Crippen molar-refractivity contribution in [3.8, 4) is 0 Å². The first kappa shape index (κ1) is 21.3. The molecule has 0 aliphatic heterocycles. The molecule has 0 aliphatic carbocycles. The van der Waals surface area contributed by atoms with Gasteiger partial charge in [-0.05, 0) is 39.6 Å². The number of hydrogen-bond donors (Lipinski definition) is 0. The summed E-state index contributed by atoms with van der Waals surface area (Å²) in [6.45, 7) is 9.11. The number of aromatic nitrogens is 2. The van der Waals surface area contributed by atoms with E-state index in [0.29, 0.717) is 18.0 Å². The number of aryl methyl sites for hydroxylation is 1. The number of carbonyl (C=O) groups is 1. The molecule has 0 saturated carbocycles. The fraction of sp³-hybridized carbons (Fsp3) is 0.550. The Morgan fingerprint density at radius 2 is 1.93 bits per heavy atom. The smallest absolute Gasteiger partial charge is 0.263 e. The highest BCUT2D eigenvalue weighted by molar-refractivity contribution is 7.09. The summed E-state index contributed by atoms with van der Waals surface area (Å²) in [7, 11) is 5.65. The molecule has 0 radical (unpaired) electrons. The maximum atomic E-state index is 13.0. The van der Waals surface area contributed by atoms with Crippen molar-refractivity contribution in [2.45, 2.75) is 46.2 Å². The van der Waals surface area contributed by atoms with Gasteiger partial charge in [0.1, 0.15) is 5.56 Å². The molecule has 2 heterocycles. The van der Waals surface area contributed by atoms with Crippen LogP contribution in [0, 0.1) is 6.92 Å². The van der Waals surface area contributed by atoms with Crippen LogP contribution in [0.15, 0.2) is 22.4 Å². The van der Waals surface area contributed by atoms with Gasteiger partial charge in [-0.25, -0.2) is 4.98 Å². The summed E-state index contributed by atoms with van der Waals surface area (Å²) in [5.41, 5.74) is 1.56. The Labute approximate surface area is 165 Å². The molecule has 2 rings (SSSR count). The van der Waals surface area contributed by atoms with Crippen molar-refractivity contribution >= 4 is 17.2 Å². The van der Waals surface area contributed by atoms with Crippen molar-refractivity contribution < 1.29 is 4.79 Å². The van der Waals surface area contributed by atoms with Crippen LogP contribution in [0.2, 0.25) is 0 Å². The molecule has 0 aromatic carbocycles. The van der Waals surface area contributed by atoms with E-state index >= 15 is 0 Å². The van der Waals surface area contributed by atoms with Gasteiger partial charge in [-0.2, -0.15) is 0 Å². The fourth-order valence-electron chi connectivity index (χ4n) is 3.03. The van der Waals surface area contributed by atoms with Gasteiger partial charge in [-0.15, -0.1) is 11.3 Å². The normalized spacial score (nSPS) is 12.6. The third-order valence-electron chi connectivity index (χ3n) is 4.46. The van der Waals surface area contributed by atoms with Crippen molar-refractivity contribution in [2.75, 3.05) is 27.7 Å². The highest BCUT2D eigenvalue weighted by Crippen LogP contribution is 2.20. The average molecular weight is 391 g/mol. The van der Waals surface area contributed by atoms with E-state index in [0.717, 1.165) is 17.2 Å². The van der Waals surface area contributed by atoms with Crippen LogP contribution >= 0.6 is 11.3 Å². The van der Waals surface area contributed by atoms with Gasteiger partial charge in [0.25, 0.3) is 11.5 Å². The molecule has 0 saturated heterocycles. The Morgan fingerprint density at radius 1 is 1.26 bits per heavy atom. The van der Waals surface area contributed by atoms with Crippen molar-refractivity contribution in [3.05, 3.63) is 49.8 Å². The first-order valence-corrected chi connectivity index (χ1v) is 10.1. The minimum Gasteiger partial charge on any atom is -0.336 e. The van der Waals surface area contributed by atoms with Gasteiger partial charge >= 0.3 is 0 Å². The molecule has 2 aromatic rings. The van der Waals surface area contributed by atoms with Gasteiger partial charge in [-0.3, -0.25) is 9.59 Å². The van der Waals surface area contributed by atoms with Gasteiger partial charge in [0.15, 0.2) is 0 Å². The number of pyridine rings is 1. The lowest BCUT2D eigenvalue weighted by molar-refractivity contribution is 0.0780. The van der Waals surface area contributed by atoms with E-state index in [1.807, 2.05) is 44.3 Å². The van der Waals surface area contributed by atoms with Crippen LogP contribution in [-0.4, -0.2) is 52.9 Å². The Hall–Kier alpha value is -1.99. The second kappa shape index (κ2) is 8.80. The monoisotopic (exact) mass is 390 g/mol. The van der Waals surface area contributed by atoms with Crippen LogP contribution in [-0.2, 0) is 6.54 Å². The first-order chi connectivity index (χ1) is 12.6. The number of hydrogen-bond acceptors (Lipinski definition) is 5. The number of carbonyl (C=O) groups excluding carboxylic acids is 1. The molecule has 148 valence electrons. The number of nitrogens with zero attached hydrogens (tertiary/aromatic N) is 4. The number of thiazole rings is 1. The van der Waals surface area contributed by atoms with Crippen LogP contribution in [0.3, 0.4) is 0 Å². The molecule has 27 heavy (non-hydrogen) atoms. The number of rotatable bonds is 7.